The molecule has 6 heterocycles. The van der Waals surface area contributed by atoms with E-state index in [9.17, 15) is 0 Å². The van der Waals surface area contributed by atoms with Crippen LogP contribution in [0.15, 0.2) is 5.16 Å². The van der Waals surface area contributed by atoms with Crippen molar-refractivity contribution in [1.82, 2.24) is 0 Å². The molecule has 10 aliphatic rings. The van der Waals surface area contributed by atoms with Crippen LogP contribution in [-0.4, -0.2) is 59.6 Å². The smallest absolute Gasteiger partial charge is 0.136 e. The minimum absolute atomic E-state index is 0.00796. The molecule has 16 atom stereocenters. The normalized spacial score (nSPS) is 59.1. The first-order chi connectivity index (χ1) is 20.5. The first kappa shape index (κ1) is 29.6. The highest BCUT2D eigenvalue weighted by molar-refractivity contribution is 5.89. The Morgan fingerprint density at radius 2 is 1.21 bits per heavy atom. The van der Waals surface area contributed by atoms with E-state index < -0.39 is 0 Å². The van der Waals surface area contributed by atoms with Gasteiger partial charge in [0.25, 0.3) is 0 Å². The molecule has 0 aromatic rings. The molecule has 0 amide bonds. The van der Waals surface area contributed by atoms with Crippen LogP contribution in [0.25, 0.3) is 0 Å². The number of oxime groups is 1. The van der Waals surface area contributed by atoms with Crippen LogP contribution in [0.1, 0.15) is 112 Å². The molecule has 6 aliphatic heterocycles. The predicted octanol–water partition coefficient (Wildman–Crippen LogP) is 6.80. The summed E-state index contributed by atoms with van der Waals surface area (Å²) >= 11 is 0. The summed E-state index contributed by atoms with van der Waals surface area (Å²) in [6, 6.07) is 0. The number of hydrogen-bond acceptors (Lipinski definition) is 8. The van der Waals surface area contributed by atoms with Gasteiger partial charge in [0.05, 0.1) is 24.0 Å². The summed E-state index contributed by atoms with van der Waals surface area (Å²) in [6.07, 6.45) is 11.5. The zero-order valence-electron chi connectivity index (χ0n) is 27.5. The van der Waals surface area contributed by atoms with Crippen molar-refractivity contribution in [3.63, 3.8) is 0 Å². The van der Waals surface area contributed by atoms with Gasteiger partial charge in [-0.25, -0.2) is 19.6 Å². The highest BCUT2D eigenvalue weighted by Crippen LogP contribution is 2.63. The fourth-order valence-corrected chi connectivity index (χ4v) is 12.1. The SMILES string of the molecule is CO/N=C(/C[C@H]1O[C@@H]2C[C@@]3(C)CC[C@H]4[C@H](C)CC[C@@H]([C@H]1C)[C@@]24OO3)[C@H]1O[C@@H]2C[C@@]3(C)CC[C@H]4[C@H](C)CC[C@@H]([C@H]1C)[C@@]24OO3. The van der Waals surface area contributed by atoms with Gasteiger partial charge in [0.2, 0.25) is 0 Å². The average molecular weight is 602 g/mol. The van der Waals surface area contributed by atoms with E-state index in [1.807, 2.05) is 0 Å². The van der Waals surface area contributed by atoms with Crippen LogP contribution < -0.4 is 0 Å². The van der Waals surface area contributed by atoms with Crippen LogP contribution in [0.5, 0.6) is 0 Å². The van der Waals surface area contributed by atoms with Gasteiger partial charge in [-0.15, -0.1) is 0 Å². The molecule has 2 spiro atoms. The molecule has 6 saturated heterocycles. The summed E-state index contributed by atoms with van der Waals surface area (Å²) in [5.74, 6) is 3.48. The third-order valence-corrected chi connectivity index (χ3v) is 14.5. The molecule has 0 aromatic carbocycles. The van der Waals surface area contributed by atoms with Crippen molar-refractivity contribution in [3.05, 3.63) is 0 Å². The summed E-state index contributed by atoms with van der Waals surface area (Å²) in [4.78, 5) is 31.2. The summed E-state index contributed by atoms with van der Waals surface area (Å²) < 4.78 is 14.4. The van der Waals surface area contributed by atoms with Crippen LogP contribution in [0.3, 0.4) is 0 Å². The Kier molecular flexibility index (Phi) is 6.97. The molecule has 4 saturated carbocycles. The molecule has 4 bridgehead atoms. The van der Waals surface area contributed by atoms with Gasteiger partial charge in [0.1, 0.15) is 35.6 Å². The Morgan fingerprint density at radius 1 is 0.674 bits per heavy atom. The molecular weight excluding hydrogens is 546 g/mol. The summed E-state index contributed by atoms with van der Waals surface area (Å²) in [5, 5.41) is 4.74. The van der Waals surface area contributed by atoms with Crippen molar-refractivity contribution in [3.8, 4) is 0 Å². The van der Waals surface area contributed by atoms with Crippen molar-refractivity contribution in [1.29, 1.82) is 0 Å². The van der Waals surface area contributed by atoms with Crippen LogP contribution in [-0.2, 0) is 33.9 Å². The van der Waals surface area contributed by atoms with E-state index >= 15 is 0 Å². The monoisotopic (exact) mass is 601 g/mol. The van der Waals surface area contributed by atoms with Crippen molar-refractivity contribution in [2.45, 2.75) is 159 Å². The fraction of sp³-hybridized carbons (Fsp3) is 0.971. The summed E-state index contributed by atoms with van der Waals surface area (Å²) in [6.45, 7) is 14.0. The highest BCUT2D eigenvalue weighted by Gasteiger charge is 2.70. The summed E-state index contributed by atoms with van der Waals surface area (Å²) in [7, 11) is 1.67. The zero-order valence-corrected chi connectivity index (χ0v) is 27.5. The number of ether oxygens (including phenoxy) is 2. The number of nitrogens with zero attached hydrogens (tertiary/aromatic N) is 1. The van der Waals surface area contributed by atoms with Gasteiger partial charge in [-0.2, -0.15) is 0 Å². The van der Waals surface area contributed by atoms with Gasteiger partial charge >= 0.3 is 0 Å². The van der Waals surface area contributed by atoms with Crippen molar-refractivity contribution in [2.75, 3.05) is 7.11 Å². The lowest BCUT2D eigenvalue weighted by molar-refractivity contribution is -0.487. The second-order valence-corrected chi connectivity index (χ2v) is 16.9. The second kappa shape index (κ2) is 10.1. The second-order valence-electron chi connectivity index (χ2n) is 16.9. The van der Waals surface area contributed by atoms with E-state index in [1.54, 1.807) is 7.11 Å². The minimum Gasteiger partial charge on any atom is -0.399 e. The number of fused-ring (bicyclic) bond motifs is 4. The Hall–Kier alpha value is -0.770. The Bertz CT molecular complexity index is 1130. The predicted molar refractivity (Wildman–Crippen MR) is 160 cm³/mol. The molecular formula is C35H55NO7. The highest BCUT2D eigenvalue weighted by atomic mass is 17.2. The van der Waals surface area contributed by atoms with E-state index in [0.717, 1.165) is 57.1 Å². The van der Waals surface area contributed by atoms with Gasteiger partial charge in [0, 0.05) is 19.3 Å². The van der Waals surface area contributed by atoms with Crippen LogP contribution >= 0.6 is 0 Å². The first-order valence-corrected chi connectivity index (χ1v) is 17.7. The number of rotatable bonds is 4. The van der Waals surface area contributed by atoms with Gasteiger partial charge in [-0.1, -0.05) is 32.9 Å². The maximum Gasteiger partial charge on any atom is 0.136 e. The van der Waals surface area contributed by atoms with Crippen LogP contribution in [0.4, 0.5) is 0 Å². The molecule has 0 aromatic heterocycles. The minimum atomic E-state index is -0.372. The third kappa shape index (κ3) is 4.11. The van der Waals surface area contributed by atoms with Gasteiger partial charge in [-0.3, -0.25) is 0 Å². The van der Waals surface area contributed by atoms with Gasteiger partial charge in [-0.05, 0) is 113 Å². The van der Waals surface area contributed by atoms with E-state index in [4.69, 9.17) is 39.0 Å². The molecule has 43 heavy (non-hydrogen) atoms. The van der Waals surface area contributed by atoms with Crippen molar-refractivity contribution in [2.24, 2.45) is 52.5 Å². The lowest BCUT2D eigenvalue weighted by Gasteiger charge is -2.62. The first-order valence-electron chi connectivity index (χ1n) is 17.7. The van der Waals surface area contributed by atoms with Crippen LogP contribution in [0, 0.1) is 47.3 Å². The molecule has 10 fully saturated rings. The average Bonchev–Trinajstić information content (AvgIpc) is 3.35. The Balaban J connectivity index is 1.10. The lowest BCUT2D eigenvalue weighted by atomic mass is 9.55. The van der Waals surface area contributed by atoms with Gasteiger partial charge < -0.3 is 14.3 Å². The quantitative estimate of drug-likeness (QED) is 0.199. The van der Waals surface area contributed by atoms with E-state index in [2.05, 4.69) is 41.5 Å². The third-order valence-electron chi connectivity index (χ3n) is 14.5. The molecule has 242 valence electrons. The van der Waals surface area contributed by atoms with E-state index in [1.165, 1.54) is 12.8 Å². The Labute approximate surface area is 258 Å². The molecule has 0 radical (unpaired) electrons. The molecule has 8 nitrogen and oxygen atoms in total. The van der Waals surface area contributed by atoms with Crippen LogP contribution in [0.2, 0.25) is 0 Å². The molecule has 8 heteroatoms. The fourth-order valence-electron chi connectivity index (χ4n) is 12.1. The topological polar surface area (TPSA) is 77.0 Å². The molecule has 4 aliphatic carbocycles. The molecule has 0 N–H and O–H groups in total. The lowest BCUT2D eigenvalue weighted by Crippen LogP contribution is -2.71. The maximum absolute atomic E-state index is 7.22. The number of hydrogen-bond donors (Lipinski definition) is 0. The van der Waals surface area contributed by atoms with E-state index in [0.29, 0.717) is 47.8 Å². The summed E-state index contributed by atoms with van der Waals surface area (Å²) in [5.41, 5.74) is -0.316. The van der Waals surface area contributed by atoms with Crippen molar-refractivity contribution >= 4 is 5.71 Å². The van der Waals surface area contributed by atoms with Crippen molar-refractivity contribution < 1.29 is 33.9 Å². The van der Waals surface area contributed by atoms with E-state index in [-0.39, 0.29) is 52.7 Å². The largest absolute Gasteiger partial charge is 0.399 e. The Morgan fingerprint density at radius 3 is 1.77 bits per heavy atom. The molecule has 10 rings (SSSR count). The standard InChI is InChI=1S/C35H55NO7/c1-19-8-10-25-21(3)28(38-29-17-32(5)14-12-23(19)34(25,29)42-40-32)16-27(36-37-7)31-22(4)26-11-9-20(2)24-13-15-33(6)18-30(39-31)35(24,26)43-41-33/h19-26,28-31H,8-18H2,1-7H3/b36-27-/t19-,20-,21-,22-,23+,24+,25+,26+,28-,29-,30-,31+,32-,33-,34-,35-/m1/s1. The molecule has 0 unspecified atom stereocenters. The zero-order chi connectivity index (χ0) is 29.9. The maximum atomic E-state index is 7.22. The van der Waals surface area contributed by atoms with Gasteiger partial charge in [0.15, 0.2) is 0 Å².